The van der Waals surface area contributed by atoms with Crippen molar-refractivity contribution in [3.05, 3.63) is 35.1 Å². The highest BCUT2D eigenvalue weighted by Crippen LogP contribution is 2.53. The topological polar surface area (TPSA) is 35.6 Å². The number of halogens is 4. The van der Waals surface area contributed by atoms with Crippen LogP contribution in [0.1, 0.15) is 30.4 Å². The normalized spacial score (nSPS) is 25.1. The molecule has 4 nitrogen and oxygen atoms in total. The van der Waals surface area contributed by atoms with Crippen LogP contribution in [0.4, 0.5) is 22.4 Å². The quantitative estimate of drug-likeness (QED) is 0.572. The Hall–Kier alpha value is -1.48. The van der Waals surface area contributed by atoms with E-state index in [0.717, 1.165) is 57.3 Å². The van der Waals surface area contributed by atoms with Gasteiger partial charge in [0.2, 0.25) is 0 Å². The average molecular weight is 429 g/mol. The summed E-state index contributed by atoms with van der Waals surface area (Å²) in [6, 6.07) is 2.90. The van der Waals surface area contributed by atoms with Crippen LogP contribution in [0.3, 0.4) is 0 Å². The van der Waals surface area contributed by atoms with E-state index >= 15 is 0 Å². The Morgan fingerprint density at radius 2 is 1.83 bits per heavy atom. The number of carbonyl (C=O) groups excluding carboxylic acids is 1. The molecule has 2 spiro atoms. The molecule has 3 aliphatic heterocycles. The molecule has 2 amide bonds. The molecule has 1 aliphatic carbocycles. The van der Waals surface area contributed by atoms with Crippen molar-refractivity contribution in [2.45, 2.75) is 37.4 Å². The summed E-state index contributed by atoms with van der Waals surface area (Å²) in [7, 11) is 0. The number of nitrogens with one attached hydrogen (secondary N) is 1. The van der Waals surface area contributed by atoms with Crippen LogP contribution in [-0.4, -0.2) is 53.3 Å². The third-order valence-electron chi connectivity index (χ3n) is 6.80. The van der Waals surface area contributed by atoms with E-state index in [1.807, 2.05) is 9.80 Å². The van der Waals surface area contributed by atoms with Crippen LogP contribution in [0.2, 0.25) is 0 Å². The number of amides is 2. The zero-order chi connectivity index (χ0) is 20.4. The number of carbonyl (C=O) groups is 1. The second-order valence-corrected chi connectivity index (χ2v) is 10.2. The summed E-state index contributed by atoms with van der Waals surface area (Å²) in [5.74, 6) is 0.500. The van der Waals surface area contributed by atoms with E-state index in [1.165, 1.54) is 6.07 Å². The molecule has 0 unspecified atom stereocenters. The number of hydrogen-bond donors (Lipinski definition) is 1. The van der Waals surface area contributed by atoms with Crippen LogP contribution >= 0.6 is 11.9 Å². The maximum Gasteiger partial charge on any atom is 0.416 e. The number of urea groups is 1. The van der Waals surface area contributed by atoms with E-state index < -0.39 is 17.6 Å². The molecule has 1 aromatic rings. The zero-order valence-electron chi connectivity index (χ0n) is 15.9. The molecule has 0 radical (unpaired) electrons. The third-order valence-corrected chi connectivity index (χ3v) is 7.79. The monoisotopic (exact) mass is 429 g/mol. The van der Waals surface area contributed by atoms with Crippen molar-refractivity contribution in [1.82, 2.24) is 14.5 Å². The van der Waals surface area contributed by atoms with Gasteiger partial charge in [-0.3, -0.25) is 4.72 Å². The predicted molar refractivity (Wildman–Crippen MR) is 102 cm³/mol. The lowest BCUT2D eigenvalue weighted by Gasteiger charge is -2.61. The van der Waals surface area contributed by atoms with Crippen molar-refractivity contribution in [3.63, 3.8) is 0 Å². The van der Waals surface area contributed by atoms with Gasteiger partial charge in [0.1, 0.15) is 5.82 Å². The molecule has 3 saturated heterocycles. The molecule has 9 heteroatoms. The van der Waals surface area contributed by atoms with Gasteiger partial charge in [0, 0.05) is 37.3 Å². The van der Waals surface area contributed by atoms with Crippen molar-refractivity contribution in [3.8, 4) is 0 Å². The minimum absolute atomic E-state index is 0.100. The lowest BCUT2D eigenvalue weighted by atomic mass is 9.56. The molecule has 4 aliphatic rings. The van der Waals surface area contributed by atoms with Crippen LogP contribution in [0.5, 0.6) is 0 Å². The number of rotatable bonds is 2. The highest BCUT2D eigenvalue weighted by Gasteiger charge is 2.56. The summed E-state index contributed by atoms with van der Waals surface area (Å²) in [5, 5.41) is 0. The number of likely N-dealkylation sites (tertiary alicyclic amines) is 2. The summed E-state index contributed by atoms with van der Waals surface area (Å²) in [6.07, 6.45) is -1.21. The second-order valence-electron chi connectivity index (χ2n) is 9.30. The highest BCUT2D eigenvalue weighted by molar-refractivity contribution is 7.97. The van der Waals surface area contributed by atoms with Gasteiger partial charge in [0.25, 0.3) is 0 Å². The standard InChI is InChI=1S/C20H23F4N3OS/c21-16-5-13(4-15(6-16)20(22,23)24)3-14-7-18(8-14)9-26(10-18)17(28)27-11-19(12-27)1-2-29-25-19/h4-6,14,25H,1-3,7-12H2. The van der Waals surface area contributed by atoms with Crippen LogP contribution in [-0.2, 0) is 12.6 Å². The summed E-state index contributed by atoms with van der Waals surface area (Å²) in [6.45, 7) is 2.99. The first-order valence-electron chi connectivity index (χ1n) is 9.95. The Bertz CT molecular complexity index is 818. The van der Waals surface area contributed by atoms with E-state index in [-0.39, 0.29) is 22.9 Å². The van der Waals surface area contributed by atoms with E-state index in [4.69, 9.17) is 0 Å². The molecule has 158 valence electrons. The first-order chi connectivity index (χ1) is 13.7. The molecule has 1 aromatic carbocycles. The van der Waals surface area contributed by atoms with E-state index in [2.05, 4.69) is 4.72 Å². The lowest BCUT2D eigenvalue weighted by molar-refractivity contribution is -0.137. The van der Waals surface area contributed by atoms with Crippen molar-refractivity contribution in [2.24, 2.45) is 11.3 Å². The van der Waals surface area contributed by atoms with Gasteiger partial charge in [-0.25, -0.2) is 9.18 Å². The fourth-order valence-corrected chi connectivity index (χ4v) is 6.61. The van der Waals surface area contributed by atoms with Crippen molar-refractivity contribution < 1.29 is 22.4 Å². The first kappa shape index (κ1) is 19.5. The number of hydrogen-bond acceptors (Lipinski definition) is 3. The van der Waals surface area contributed by atoms with Gasteiger partial charge < -0.3 is 9.80 Å². The molecule has 0 bridgehead atoms. The Balaban J connectivity index is 1.10. The molecule has 29 heavy (non-hydrogen) atoms. The molecular weight excluding hydrogens is 406 g/mol. The van der Waals surface area contributed by atoms with Gasteiger partial charge in [-0.15, -0.1) is 0 Å². The van der Waals surface area contributed by atoms with Crippen LogP contribution in [0.25, 0.3) is 0 Å². The Morgan fingerprint density at radius 3 is 2.45 bits per heavy atom. The molecule has 0 aromatic heterocycles. The van der Waals surface area contributed by atoms with Gasteiger partial charge in [-0.05, 0) is 55.4 Å². The molecular formula is C20H23F4N3OS. The van der Waals surface area contributed by atoms with E-state index in [1.54, 1.807) is 11.9 Å². The minimum Gasteiger partial charge on any atom is -0.323 e. The summed E-state index contributed by atoms with van der Waals surface area (Å²) in [4.78, 5) is 16.4. The molecule has 0 atom stereocenters. The van der Waals surface area contributed by atoms with Crippen LogP contribution in [0.15, 0.2) is 18.2 Å². The second kappa shape index (κ2) is 6.51. The number of nitrogens with zero attached hydrogens (tertiary/aromatic N) is 2. The summed E-state index contributed by atoms with van der Waals surface area (Å²) >= 11 is 1.73. The number of benzene rings is 1. The minimum atomic E-state index is -4.53. The predicted octanol–water partition coefficient (Wildman–Crippen LogP) is 3.91. The van der Waals surface area contributed by atoms with Gasteiger partial charge in [0.15, 0.2) is 0 Å². The van der Waals surface area contributed by atoms with Gasteiger partial charge in [-0.1, -0.05) is 11.9 Å². The Labute approximate surface area is 171 Å². The summed E-state index contributed by atoms with van der Waals surface area (Å²) in [5.41, 5.74) is -0.295. The molecule has 1 saturated carbocycles. The molecule has 3 heterocycles. The zero-order valence-corrected chi connectivity index (χ0v) is 16.7. The van der Waals surface area contributed by atoms with Crippen LogP contribution < -0.4 is 4.72 Å². The fraction of sp³-hybridized carbons (Fsp3) is 0.650. The van der Waals surface area contributed by atoms with Gasteiger partial charge in [-0.2, -0.15) is 13.2 Å². The Morgan fingerprint density at radius 1 is 1.14 bits per heavy atom. The first-order valence-corrected chi connectivity index (χ1v) is 10.9. The average Bonchev–Trinajstić information content (AvgIpc) is 3.02. The molecule has 4 fully saturated rings. The maximum atomic E-state index is 13.6. The lowest BCUT2D eigenvalue weighted by Crippen LogP contribution is -2.73. The SMILES string of the molecule is O=C(N1CC2(CC(Cc3cc(F)cc(C(F)(F)F)c3)C2)C1)N1CC2(CCSN2)C1. The number of alkyl halides is 3. The molecule has 1 N–H and O–H groups in total. The van der Waals surface area contributed by atoms with E-state index in [9.17, 15) is 22.4 Å². The van der Waals surface area contributed by atoms with Crippen LogP contribution in [0, 0.1) is 17.2 Å². The third kappa shape index (κ3) is 3.50. The smallest absolute Gasteiger partial charge is 0.323 e. The van der Waals surface area contributed by atoms with Crippen molar-refractivity contribution in [1.29, 1.82) is 0 Å². The largest absolute Gasteiger partial charge is 0.416 e. The van der Waals surface area contributed by atoms with Crippen molar-refractivity contribution >= 4 is 18.0 Å². The molecule has 5 rings (SSSR count). The maximum absolute atomic E-state index is 13.6. The van der Waals surface area contributed by atoms with Gasteiger partial charge in [0.05, 0.1) is 11.1 Å². The fourth-order valence-electron chi connectivity index (χ4n) is 5.48. The van der Waals surface area contributed by atoms with E-state index in [0.29, 0.717) is 18.1 Å². The highest BCUT2D eigenvalue weighted by atomic mass is 32.2. The van der Waals surface area contributed by atoms with Gasteiger partial charge >= 0.3 is 12.2 Å². The summed E-state index contributed by atoms with van der Waals surface area (Å²) < 4.78 is 55.6. The Kier molecular flexibility index (Phi) is 4.37. The van der Waals surface area contributed by atoms with Crippen molar-refractivity contribution in [2.75, 3.05) is 31.9 Å².